The number of imidazole rings is 1. The monoisotopic (exact) mass is 653 g/mol. The molecule has 1 spiro atoms. The zero-order chi connectivity index (χ0) is 22.1. The van der Waals surface area contributed by atoms with Gasteiger partial charge in [-0.3, -0.25) is 9.88 Å². The number of nitrogens with zero attached hydrogens (tertiary/aromatic N) is 4. The van der Waals surface area contributed by atoms with Crippen molar-refractivity contribution in [2.45, 2.75) is 67.8 Å². The molecule has 0 amide bonds. The van der Waals surface area contributed by atoms with Crippen LogP contribution in [0, 0.1) is 0 Å². The van der Waals surface area contributed by atoms with Crippen LogP contribution in [-0.4, -0.2) is 77.5 Å². The van der Waals surface area contributed by atoms with E-state index in [9.17, 15) is 34.8 Å². The second-order valence-corrected chi connectivity index (χ2v) is 9.98. The summed E-state index contributed by atoms with van der Waals surface area (Å²) < 4.78 is 18.8. The second-order valence-electron chi connectivity index (χ2n) is 8.28. The average Bonchev–Trinajstić information content (AvgIpc) is 3.37. The van der Waals surface area contributed by atoms with Gasteiger partial charge in [-0.25, -0.2) is 20.4 Å². The van der Waals surface area contributed by atoms with Crippen molar-refractivity contribution in [1.82, 2.24) is 25.3 Å². The van der Waals surface area contributed by atoms with Crippen LogP contribution >= 0.6 is 7.60 Å². The molecule has 4 heterocycles. The summed E-state index contributed by atoms with van der Waals surface area (Å²) in [5, 5.41) is 44.8. The van der Waals surface area contributed by atoms with Crippen molar-refractivity contribution in [2.24, 2.45) is 4.99 Å². The SMILES string of the molecule is O=P([O-])([O-])[C@H]1CCCC[C@]12N[C@@H]1N=c3c(ncn3[C@@H]3O[C@H](CO)[C@@H](O)[C@H]3O)=C(O)N1N2.[Pt+2]. The van der Waals surface area contributed by atoms with E-state index in [2.05, 4.69) is 20.7 Å². The van der Waals surface area contributed by atoms with Gasteiger partial charge in [0.1, 0.15) is 18.3 Å². The molecule has 3 aliphatic heterocycles. The van der Waals surface area contributed by atoms with Gasteiger partial charge in [-0.1, -0.05) is 20.4 Å². The Labute approximate surface area is 196 Å². The molecule has 1 saturated carbocycles. The Hall–Kier alpha value is -0.922. The van der Waals surface area contributed by atoms with Gasteiger partial charge in [-0.15, -0.1) is 0 Å². The third-order valence-electron chi connectivity index (χ3n) is 6.44. The van der Waals surface area contributed by atoms with Crippen LogP contribution < -0.4 is 31.4 Å². The average molecular weight is 653 g/mol. The number of ether oxygens (including phenoxy) is 1. The molecule has 3 fully saturated rings. The number of nitrogens with one attached hydrogen (secondary N) is 2. The zero-order valence-corrected chi connectivity index (χ0v) is 19.7. The fraction of sp³-hybridized carbons (Fsp3) is 0.750. The van der Waals surface area contributed by atoms with Crippen LogP contribution in [0.1, 0.15) is 31.9 Å². The first kappa shape index (κ1) is 24.2. The Bertz CT molecular complexity index is 1050. The normalized spacial score (nSPS) is 38.9. The van der Waals surface area contributed by atoms with Gasteiger partial charge in [-0.05, 0) is 12.8 Å². The molecule has 32 heavy (non-hydrogen) atoms. The summed E-state index contributed by atoms with van der Waals surface area (Å²) in [5.41, 5.74) is 0.550. The van der Waals surface area contributed by atoms with Gasteiger partial charge in [0.2, 0.25) is 5.88 Å². The summed E-state index contributed by atoms with van der Waals surface area (Å²) in [4.78, 5) is 32.4. The first-order valence-corrected chi connectivity index (χ1v) is 11.6. The number of rotatable bonds is 3. The molecule has 0 radical (unpaired) electrons. The van der Waals surface area contributed by atoms with E-state index < -0.39 is 56.4 Å². The summed E-state index contributed by atoms with van der Waals surface area (Å²) in [6, 6.07) is 0. The number of fused-ring (bicyclic) bond motifs is 2. The van der Waals surface area contributed by atoms with Crippen molar-refractivity contribution in [2.75, 3.05) is 6.61 Å². The summed E-state index contributed by atoms with van der Waals surface area (Å²) in [6.07, 6.45) is -2.69. The van der Waals surface area contributed by atoms with Gasteiger partial charge in [0.15, 0.2) is 23.4 Å². The van der Waals surface area contributed by atoms with E-state index >= 15 is 0 Å². The zero-order valence-electron chi connectivity index (χ0n) is 16.6. The van der Waals surface area contributed by atoms with Crippen molar-refractivity contribution in [3.05, 3.63) is 17.2 Å². The second kappa shape index (κ2) is 8.38. The fourth-order valence-corrected chi connectivity index (χ4v) is 6.21. The maximum absolute atomic E-state index is 11.9. The van der Waals surface area contributed by atoms with Gasteiger partial charge < -0.3 is 39.5 Å². The molecule has 7 atom stereocenters. The number of aromatic nitrogens is 2. The van der Waals surface area contributed by atoms with Crippen LogP contribution in [0.4, 0.5) is 0 Å². The summed E-state index contributed by atoms with van der Waals surface area (Å²) in [6.45, 7) is -0.504. The molecular formula is C16H23N6O8PPt. The van der Waals surface area contributed by atoms with Crippen molar-refractivity contribution >= 4 is 13.5 Å². The van der Waals surface area contributed by atoms with Crippen molar-refractivity contribution < 1.29 is 60.6 Å². The van der Waals surface area contributed by atoms with E-state index in [1.807, 2.05) is 0 Å². The molecule has 16 heteroatoms. The molecule has 1 aromatic heterocycles. The molecule has 1 aliphatic carbocycles. The van der Waals surface area contributed by atoms with E-state index in [-0.39, 0.29) is 44.2 Å². The van der Waals surface area contributed by atoms with Crippen LogP contribution in [0.15, 0.2) is 11.3 Å². The van der Waals surface area contributed by atoms with Crippen molar-refractivity contribution in [3.63, 3.8) is 0 Å². The minimum Gasteiger partial charge on any atom is -0.810 e. The molecule has 0 bridgehead atoms. The summed E-state index contributed by atoms with van der Waals surface area (Å²) in [7, 11) is -4.95. The minimum absolute atomic E-state index is 0. The van der Waals surface area contributed by atoms with Gasteiger partial charge >= 0.3 is 21.1 Å². The predicted molar refractivity (Wildman–Crippen MR) is 96.5 cm³/mol. The van der Waals surface area contributed by atoms with Crippen LogP contribution in [-0.2, 0) is 30.4 Å². The van der Waals surface area contributed by atoms with Gasteiger partial charge in [-0.2, -0.15) is 0 Å². The Kier molecular flexibility index (Phi) is 6.34. The maximum atomic E-state index is 11.9. The molecule has 2 saturated heterocycles. The Morgan fingerprint density at radius 1 is 1.31 bits per heavy atom. The molecule has 0 aromatic carbocycles. The third kappa shape index (κ3) is 3.58. The largest absolute Gasteiger partial charge is 2.00 e. The van der Waals surface area contributed by atoms with E-state index in [0.717, 1.165) is 0 Å². The molecule has 6 N–H and O–H groups in total. The van der Waals surface area contributed by atoms with Crippen molar-refractivity contribution in [3.8, 4) is 0 Å². The quantitative estimate of drug-likeness (QED) is 0.170. The number of hydrazine groups is 1. The molecule has 1 aromatic rings. The molecule has 14 nitrogen and oxygen atoms in total. The van der Waals surface area contributed by atoms with E-state index in [0.29, 0.717) is 19.3 Å². The van der Waals surface area contributed by atoms with Crippen LogP contribution in [0.5, 0.6) is 0 Å². The number of aliphatic hydroxyl groups is 4. The van der Waals surface area contributed by atoms with E-state index in [4.69, 9.17) is 4.74 Å². The van der Waals surface area contributed by atoms with Crippen LogP contribution in [0.2, 0.25) is 0 Å². The van der Waals surface area contributed by atoms with Crippen molar-refractivity contribution in [1.29, 1.82) is 0 Å². The Balaban J connectivity index is 0.00000245. The molecule has 5 rings (SSSR count). The first-order chi connectivity index (χ1) is 14.7. The van der Waals surface area contributed by atoms with Gasteiger partial charge in [0, 0.05) is 5.66 Å². The number of hydrogen-bond acceptors (Lipinski definition) is 13. The van der Waals surface area contributed by atoms with Crippen LogP contribution in [0.25, 0.3) is 5.88 Å². The Morgan fingerprint density at radius 3 is 2.72 bits per heavy atom. The first-order valence-electron chi connectivity index (χ1n) is 9.99. The topological polar surface area (TPSA) is 211 Å². The number of aliphatic hydroxyl groups excluding tert-OH is 4. The minimum atomic E-state index is -4.95. The molecular weight excluding hydrogens is 630 g/mol. The molecule has 180 valence electrons. The maximum Gasteiger partial charge on any atom is 2.00 e. The third-order valence-corrected chi connectivity index (χ3v) is 7.91. The molecule has 4 aliphatic rings. The predicted octanol–water partition coefficient (Wildman–Crippen LogP) is -5.00. The number of hydrogen-bond donors (Lipinski definition) is 6. The van der Waals surface area contributed by atoms with Crippen LogP contribution in [0.3, 0.4) is 0 Å². The van der Waals surface area contributed by atoms with Gasteiger partial charge in [0.05, 0.1) is 18.6 Å². The smallest absolute Gasteiger partial charge is 0.810 e. The van der Waals surface area contributed by atoms with E-state index in [1.54, 1.807) is 0 Å². The molecule has 0 unspecified atom stereocenters. The van der Waals surface area contributed by atoms with E-state index in [1.165, 1.54) is 15.9 Å². The summed E-state index contributed by atoms with van der Waals surface area (Å²) >= 11 is 0. The summed E-state index contributed by atoms with van der Waals surface area (Å²) in [5.74, 6) is -0.346. The Morgan fingerprint density at radius 2 is 2.06 bits per heavy atom. The standard InChI is InChI=1S/C16H25N6O8P.Pt/c23-5-7-10(24)11(25)14(30-7)21-6-17-9-12(21)18-15-19-16(20-22(15)13(9)26)4-2-1-3-8(16)31(27,28)29;/h6-8,10-11,14-15,19-20,23-26H,1-5H2,(H2,27,28,29);/q;+2/p-2/t7-,8+,10-,11-,14-,15+,16-;/m1./s1. The fourth-order valence-electron chi connectivity index (χ4n) is 4.91. The van der Waals surface area contributed by atoms with Gasteiger partial charge in [0.25, 0.3) is 0 Å².